The van der Waals surface area contributed by atoms with Crippen LogP contribution >= 0.6 is 27.7 Å². The van der Waals surface area contributed by atoms with Gasteiger partial charge in [0.2, 0.25) is 0 Å². The van der Waals surface area contributed by atoms with Gasteiger partial charge in [-0.1, -0.05) is 15.9 Å². The number of rotatable bonds is 8. The van der Waals surface area contributed by atoms with Crippen LogP contribution in [0.2, 0.25) is 0 Å². The van der Waals surface area contributed by atoms with Crippen LogP contribution in [0.5, 0.6) is 5.75 Å². The van der Waals surface area contributed by atoms with Crippen molar-refractivity contribution in [2.24, 2.45) is 0 Å². The van der Waals surface area contributed by atoms with Crippen LogP contribution in [-0.4, -0.2) is 41.6 Å². The molecule has 1 atom stereocenters. The number of amides is 1. The summed E-state index contributed by atoms with van der Waals surface area (Å²) in [6.07, 6.45) is 2.16. The van der Waals surface area contributed by atoms with Crippen molar-refractivity contribution in [3.05, 3.63) is 28.5 Å². The van der Waals surface area contributed by atoms with Gasteiger partial charge in [-0.15, -0.1) is 0 Å². The molecule has 0 spiro atoms. The number of hydrogen-bond acceptors (Lipinski definition) is 4. The van der Waals surface area contributed by atoms with Crippen LogP contribution in [0.1, 0.15) is 6.42 Å². The molecule has 0 heterocycles. The summed E-state index contributed by atoms with van der Waals surface area (Å²) in [7, 11) is 0. The smallest absolute Gasteiger partial charge is 0.326 e. The first-order valence-electron chi connectivity index (χ1n) is 6.03. The number of ether oxygens (including phenoxy) is 1. The van der Waals surface area contributed by atoms with Gasteiger partial charge in [-0.25, -0.2) is 9.18 Å². The number of nitrogens with one attached hydrogen (secondary N) is 1. The number of carbonyl (C=O) groups excluding carboxylic acids is 1. The van der Waals surface area contributed by atoms with E-state index in [0.717, 1.165) is 0 Å². The summed E-state index contributed by atoms with van der Waals surface area (Å²) in [5.41, 5.74) is 0. The van der Waals surface area contributed by atoms with E-state index in [2.05, 4.69) is 21.2 Å². The number of thioether (sulfide) groups is 1. The Kier molecular flexibility index (Phi) is 7.52. The zero-order chi connectivity index (χ0) is 15.8. The topological polar surface area (TPSA) is 75.6 Å². The van der Waals surface area contributed by atoms with Crippen molar-refractivity contribution in [3.63, 3.8) is 0 Å². The predicted molar refractivity (Wildman–Crippen MR) is 82.2 cm³/mol. The van der Waals surface area contributed by atoms with Gasteiger partial charge in [0.25, 0.3) is 5.91 Å². The van der Waals surface area contributed by atoms with E-state index in [1.165, 1.54) is 23.9 Å². The second kappa shape index (κ2) is 8.89. The first-order valence-corrected chi connectivity index (χ1v) is 8.21. The van der Waals surface area contributed by atoms with Crippen molar-refractivity contribution in [1.29, 1.82) is 0 Å². The first kappa shape index (κ1) is 17.8. The fourth-order valence-electron chi connectivity index (χ4n) is 1.46. The second-order valence-electron chi connectivity index (χ2n) is 4.10. The van der Waals surface area contributed by atoms with Crippen LogP contribution in [-0.2, 0) is 9.59 Å². The average molecular weight is 380 g/mol. The molecule has 5 nitrogen and oxygen atoms in total. The fourth-order valence-corrected chi connectivity index (χ4v) is 2.27. The highest BCUT2D eigenvalue weighted by atomic mass is 79.9. The highest BCUT2D eigenvalue weighted by molar-refractivity contribution is 9.10. The van der Waals surface area contributed by atoms with Crippen molar-refractivity contribution < 1.29 is 23.8 Å². The van der Waals surface area contributed by atoms with Gasteiger partial charge in [-0.05, 0) is 36.6 Å². The minimum Gasteiger partial charge on any atom is -0.481 e. The van der Waals surface area contributed by atoms with E-state index in [-0.39, 0.29) is 5.75 Å². The first-order chi connectivity index (χ1) is 9.93. The molecule has 0 bridgehead atoms. The van der Waals surface area contributed by atoms with Crippen LogP contribution in [0.25, 0.3) is 0 Å². The maximum atomic E-state index is 13.5. The van der Waals surface area contributed by atoms with E-state index in [4.69, 9.17) is 9.84 Å². The van der Waals surface area contributed by atoms with Gasteiger partial charge in [0.1, 0.15) is 6.04 Å². The molecule has 1 amide bonds. The molecular weight excluding hydrogens is 365 g/mol. The minimum atomic E-state index is -1.10. The zero-order valence-corrected chi connectivity index (χ0v) is 13.7. The molecule has 2 N–H and O–H groups in total. The van der Waals surface area contributed by atoms with Crippen molar-refractivity contribution in [1.82, 2.24) is 5.32 Å². The van der Waals surface area contributed by atoms with Gasteiger partial charge in [0, 0.05) is 4.47 Å². The average Bonchev–Trinajstić information content (AvgIpc) is 2.42. The molecule has 0 aromatic heterocycles. The molecule has 0 saturated heterocycles. The summed E-state index contributed by atoms with van der Waals surface area (Å²) in [6.45, 7) is -0.443. The van der Waals surface area contributed by atoms with Gasteiger partial charge in [0.15, 0.2) is 18.2 Å². The molecule has 0 fully saturated rings. The van der Waals surface area contributed by atoms with Crippen LogP contribution in [0, 0.1) is 5.82 Å². The fraction of sp³-hybridized carbons (Fsp3) is 0.385. The Morgan fingerprint density at radius 2 is 2.24 bits per heavy atom. The SMILES string of the molecule is CSCC[C@@H](NC(=O)COc1ccc(Br)cc1F)C(=O)O. The summed E-state index contributed by atoms with van der Waals surface area (Å²) in [4.78, 5) is 22.6. The molecule has 8 heteroatoms. The van der Waals surface area contributed by atoms with E-state index in [0.29, 0.717) is 16.6 Å². The summed E-state index contributed by atoms with van der Waals surface area (Å²) in [5.74, 6) is -1.77. The lowest BCUT2D eigenvalue weighted by Gasteiger charge is -2.14. The zero-order valence-electron chi connectivity index (χ0n) is 11.3. The molecule has 0 radical (unpaired) electrons. The van der Waals surface area contributed by atoms with Crippen LogP contribution in [0.15, 0.2) is 22.7 Å². The highest BCUT2D eigenvalue weighted by Gasteiger charge is 2.19. The van der Waals surface area contributed by atoms with Gasteiger partial charge < -0.3 is 15.2 Å². The number of benzene rings is 1. The van der Waals surface area contributed by atoms with E-state index >= 15 is 0 Å². The third-order valence-corrected chi connectivity index (χ3v) is 3.63. The van der Waals surface area contributed by atoms with Crippen LogP contribution in [0.4, 0.5) is 4.39 Å². The molecule has 0 aliphatic carbocycles. The Hall–Kier alpha value is -1.28. The quantitative estimate of drug-likeness (QED) is 0.724. The highest BCUT2D eigenvalue weighted by Crippen LogP contribution is 2.21. The van der Waals surface area contributed by atoms with E-state index in [9.17, 15) is 14.0 Å². The van der Waals surface area contributed by atoms with Crippen molar-refractivity contribution in [2.75, 3.05) is 18.6 Å². The van der Waals surface area contributed by atoms with E-state index < -0.39 is 30.3 Å². The molecule has 1 aromatic carbocycles. The normalized spacial score (nSPS) is 11.8. The van der Waals surface area contributed by atoms with Crippen molar-refractivity contribution in [3.8, 4) is 5.75 Å². The maximum absolute atomic E-state index is 13.5. The van der Waals surface area contributed by atoms with Crippen molar-refractivity contribution >= 4 is 39.6 Å². The molecule has 0 unspecified atom stereocenters. The Morgan fingerprint density at radius 1 is 1.52 bits per heavy atom. The molecular formula is C13H15BrFNO4S. The van der Waals surface area contributed by atoms with Crippen molar-refractivity contribution in [2.45, 2.75) is 12.5 Å². The molecule has 1 rings (SSSR count). The predicted octanol–water partition coefficient (Wildman–Crippen LogP) is 2.29. The summed E-state index contributed by atoms with van der Waals surface area (Å²) < 4.78 is 19.1. The molecule has 0 saturated carbocycles. The summed E-state index contributed by atoms with van der Waals surface area (Å²) in [6, 6.07) is 3.21. The number of aliphatic carboxylic acids is 1. The monoisotopic (exact) mass is 379 g/mol. The molecule has 0 aliphatic heterocycles. The Labute approximate surface area is 134 Å². The van der Waals surface area contributed by atoms with Gasteiger partial charge >= 0.3 is 5.97 Å². The number of carboxylic acid groups (broad SMARTS) is 1. The summed E-state index contributed by atoms with van der Waals surface area (Å²) >= 11 is 4.59. The maximum Gasteiger partial charge on any atom is 0.326 e. The number of hydrogen-bond donors (Lipinski definition) is 2. The summed E-state index contributed by atoms with van der Waals surface area (Å²) in [5, 5.41) is 11.3. The Bertz CT molecular complexity index is 515. The van der Waals surface area contributed by atoms with Crippen LogP contribution in [0.3, 0.4) is 0 Å². The Morgan fingerprint density at radius 3 is 2.81 bits per heavy atom. The lowest BCUT2D eigenvalue weighted by molar-refractivity contribution is -0.142. The van der Waals surface area contributed by atoms with Gasteiger partial charge in [-0.2, -0.15) is 11.8 Å². The second-order valence-corrected chi connectivity index (χ2v) is 6.00. The van der Waals surface area contributed by atoms with E-state index in [1.54, 1.807) is 6.07 Å². The number of carbonyl (C=O) groups is 2. The largest absolute Gasteiger partial charge is 0.481 e. The minimum absolute atomic E-state index is 0.0654. The molecule has 116 valence electrons. The lowest BCUT2D eigenvalue weighted by Crippen LogP contribution is -2.43. The lowest BCUT2D eigenvalue weighted by atomic mass is 10.2. The Balaban J connectivity index is 2.50. The standard InChI is InChI=1S/C13H15BrFNO4S/c1-21-5-4-10(13(18)19)16-12(17)7-20-11-3-2-8(14)6-9(11)15/h2-3,6,10H,4-5,7H2,1H3,(H,16,17)(H,18,19)/t10-/m1/s1. The van der Waals surface area contributed by atoms with Crippen LogP contribution < -0.4 is 10.1 Å². The molecule has 21 heavy (non-hydrogen) atoms. The number of halogens is 2. The third kappa shape index (κ3) is 6.34. The third-order valence-electron chi connectivity index (χ3n) is 2.50. The van der Waals surface area contributed by atoms with Gasteiger partial charge in [0.05, 0.1) is 0 Å². The number of carboxylic acids is 1. The van der Waals surface area contributed by atoms with Gasteiger partial charge in [-0.3, -0.25) is 4.79 Å². The molecule has 1 aromatic rings. The molecule has 0 aliphatic rings. The van der Waals surface area contributed by atoms with E-state index in [1.807, 2.05) is 6.26 Å².